The SMILES string of the molecule is COc1ccc(F)cc1CNCC1CCCC1C(=O)O. The number of hydrogen-bond acceptors (Lipinski definition) is 3. The minimum atomic E-state index is -0.711. The van der Waals surface area contributed by atoms with Crippen LogP contribution in [0, 0.1) is 17.7 Å². The summed E-state index contributed by atoms with van der Waals surface area (Å²) in [6.07, 6.45) is 2.65. The summed E-state index contributed by atoms with van der Waals surface area (Å²) >= 11 is 0. The van der Waals surface area contributed by atoms with Gasteiger partial charge >= 0.3 is 5.97 Å². The molecule has 1 saturated carbocycles. The van der Waals surface area contributed by atoms with Crippen molar-refractivity contribution in [2.75, 3.05) is 13.7 Å². The lowest BCUT2D eigenvalue weighted by molar-refractivity contribution is -0.142. The van der Waals surface area contributed by atoms with E-state index in [0.717, 1.165) is 24.8 Å². The van der Waals surface area contributed by atoms with Gasteiger partial charge in [0.1, 0.15) is 11.6 Å². The van der Waals surface area contributed by atoms with Gasteiger partial charge in [0.15, 0.2) is 0 Å². The first kappa shape index (κ1) is 14.8. The van der Waals surface area contributed by atoms with Crippen LogP contribution in [0.5, 0.6) is 5.75 Å². The van der Waals surface area contributed by atoms with Gasteiger partial charge in [-0.1, -0.05) is 6.42 Å². The third-order valence-electron chi connectivity index (χ3n) is 3.94. The summed E-state index contributed by atoms with van der Waals surface area (Å²) in [5, 5.41) is 12.3. The number of hydrogen-bond donors (Lipinski definition) is 2. The number of rotatable bonds is 6. The Morgan fingerprint density at radius 1 is 1.50 bits per heavy atom. The first-order valence-corrected chi connectivity index (χ1v) is 6.87. The van der Waals surface area contributed by atoms with Gasteiger partial charge in [0, 0.05) is 12.1 Å². The van der Waals surface area contributed by atoms with E-state index in [1.807, 2.05) is 0 Å². The molecule has 1 fully saturated rings. The molecular formula is C15H20FNO3. The molecule has 0 amide bonds. The highest BCUT2D eigenvalue weighted by atomic mass is 19.1. The Morgan fingerprint density at radius 2 is 2.30 bits per heavy atom. The molecule has 110 valence electrons. The summed E-state index contributed by atoms with van der Waals surface area (Å²) < 4.78 is 18.4. The zero-order valence-electron chi connectivity index (χ0n) is 11.6. The topological polar surface area (TPSA) is 58.6 Å². The number of carboxylic acid groups (broad SMARTS) is 1. The molecule has 2 N–H and O–H groups in total. The van der Waals surface area contributed by atoms with Crippen molar-refractivity contribution in [2.45, 2.75) is 25.8 Å². The lowest BCUT2D eigenvalue weighted by atomic mass is 9.96. The Labute approximate surface area is 117 Å². The molecular weight excluding hydrogens is 261 g/mol. The molecule has 0 saturated heterocycles. The highest BCUT2D eigenvalue weighted by molar-refractivity contribution is 5.70. The molecule has 1 aromatic rings. The van der Waals surface area contributed by atoms with Crippen molar-refractivity contribution in [3.8, 4) is 5.75 Å². The molecule has 0 heterocycles. The number of benzene rings is 1. The van der Waals surface area contributed by atoms with Crippen LogP contribution in [0.2, 0.25) is 0 Å². The zero-order valence-corrected chi connectivity index (χ0v) is 11.6. The predicted molar refractivity (Wildman–Crippen MR) is 73.1 cm³/mol. The van der Waals surface area contributed by atoms with Crippen LogP contribution in [0.25, 0.3) is 0 Å². The van der Waals surface area contributed by atoms with Gasteiger partial charge in [0.25, 0.3) is 0 Å². The summed E-state index contributed by atoms with van der Waals surface area (Å²) in [6, 6.07) is 4.40. The quantitative estimate of drug-likeness (QED) is 0.840. The van der Waals surface area contributed by atoms with Crippen LogP contribution in [0.4, 0.5) is 4.39 Å². The molecule has 0 radical (unpaired) electrons. The average Bonchev–Trinajstić information content (AvgIpc) is 2.87. The monoisotopic (exact) mass is 281 g/mol. The molecule has 5 heteroatoms. The Hall–Kier alpha value is -1.62. The summed E-state index contributed by atoms with van der Waals surface area (Å²) in [5.74, 6) is -0.464. The third-order valence-corrected chi connectivity index (χ3v) is 3.94. The number of ether oxygens (including phenoxy) is 1. The van der Waals surface area contributed by atoms with Gasteiger partial charge in [0.2, 0.25) is 0 Å². The lowest BCUT2D eigenvalue weighted by Gasteiger charge is -2.17. The van der Waals surface area contributed by atoms with Crippen LogP contribution in [-0.2, 0) is 11.3 Å². The van der Waals surface area contributed by atoms with Gasteiger partial charge < -0.3 is 15.2 Å². The molecule has 0 bridgehead atoms. The molecule has 1 aliphatic rings. The van der Waals surface area contributed by atoms with Gasteiger partial charge in [-0.2, -0.15) is 0 Å². The van der Waals surface area contributed by atoms with Crippen molar-refractivity contribution < 1.29 is 19.0 Å². The molecule has 1 aliphatic carbocycles. The van der Waals surface area contributed by atoms with Crippen molar-refractivity contribution in [3.63, 3.8) is 0 Å². The van der Waals surface area contributed by atoms with Crippen LogP contribution in [0.1, 0.15) is 24.8 Å². The van der Waals surface area contributed by atoms with Crippen molar-refractivity contribution >= 4 is 5.97 Å². The van der Waals surface area contributed by atoms with Crippen LogP contribution < -0.4 is 10.1 Å². The maximum absolute atomic E-state index is 13.2. The van der Waals surface area contributed by atoms with E-state index in [4.69, 9.17) is 9.84 Å². The van der Waals surface area contributed by atoms with Gasteiger partial charge in [-0.25, -0.2) is 4.39 Å². The maximum atomic E-state index is 13.2. The van der Waals surface area contributed by atoms with Gasteiger partial charge in [-0.05, 0) is 43.5 Å². The lowest BCUT2D eigenvalue weighted by Crippen LogP contribution is -2.28. The predicted octanol–water partition coefficient (Wildman–Crippen LogP) is 2.42. The first-order valence-electron chi connectivity index (χ1n) is 6.87. The highest BCUT2D eigenvalue weighted by Crippen LogP contribution is 2.31. The van der Waals surface area contributed by atoms with Crippen molar-refractivity contribution in [3.05, 3.63) is 29.6 Å². The standard InChI is InChI=1S/C15H20FNO3/c1-20-14-6-5-12(16)7-11(14)9-17-8-10-3-2-4-13(10)15(18)19/h5-7,10,13,17H,2-4,8-9H2,1H3,(H,18,19). The number of carboxylic acids is 1. The molecule has 1 aromatic carbocycles. The Kier molecular flexibility index (Phi) is 4.95. The number of carbonyl (C=O) groups is 1. The number of halogens is 1. The fraction of sp³-hybridized carbons (Fsp3) is 0.533. The van der Waals surface area contributed by atoms with Crippen LogP contribution >= 0.6 is 0 Å². The van der Waals surface area contributed by atoms with Crippen molar-refractivity contribution in [1.82, 2.24) is 5.32 Å². The highest BCUT2D eigenvalue weighted by Gasteiger charge is 2.32. The van der Waals surface area contributed by atoms with E-state index in [1.165, 1.54) is 12.1 Å². The summed E-state index contributed by atoms with van der Waals surface area (Å²) in [4.78, 5) is 11.1. The number of nitrogens with one attached hydrogen (secondary N) is 1. The molecule has 0 aromatic heterocycles. The van der Waals surface area contributed by atoms with E-state index >= 15 is 0 Å². The molecule has 2 rings (SSSR count). The summed E-state index contributed by atoms with van der Waals surface area (Å²) in [7, 11) is 1.55. The largest absolute Gasteiger partial charge is 0.496 e. The second-order valence-electron chi connectivity index (χ2n) is 5.22. The van der Waals surface area contributed by atoms with Crippen LogP contribution in [0.15, 0.2) is 18.2 Å². The average molecular weight is 281 g/mol. The molecule has 0 spiro atoms. The Morgan fingerprint density at radius 3 is 3.00 bits per heavy atom. The van der Waals surface area contributed by atoms with E-state index in [2.05, 4.69) is 5.32 Å². The molecule has 20 heavy (non-hydrogen) atoms. The fourth-order valence-corrected chi connectivity index (χ4v) is 2.88. The summed E-state index contributed by atoms with van der Waals surface area (Å²) in [5.41, 5.74) is 0.748. The van der Waals surface area contributed by atoms with E-state index in [0.29, 0.717) is 18.8 Å². The third kappa shape index (κ3) is 3.48. The van der Waals surface area contributed by atoms with E-state index < -0.39 is 5.97 Å². The minimum absolute atomic E-state index is 0.159. The van der Waals surface area contributed by atoms with E-state index in [1.54, 1.807) is 13.2 Å². The zero-order chi connectivity index (χ0) is 14.5. The Bertz CT molecular complexity index is 478. The summed E-state index contributed by atoms with van der Waals surface area (Å²) in [6.45, 7) is 1.11. The second-order valence-corrected chi connectivity index (χ2v) is 5.22. The molecule has 0 aliphatic heterocycles. The van der Waals surface area contributed by atoms with Crippen molar-refractivity contribution in [2.24, 2.45) is 11.8 Å². The second kappa shape index (κ2) is 6.70. The molecule has 4 nitrogen and oxygen atoms in total. The van der Waals surface area contributed by atoms with Crippen LogP contribution in [0.3, 0.4) is 0 Å². The number of methoxy groups -OCH3 is 1. The molecule has 2 unspecified atom stereocenters. The van der Waals surface area contributed by atoms with Crippen molar-refractivity contribution in [1.29, 1.82) is 0 Å². The number of aliphatic carboxylic acids is 1. The molecule has 2 atom stereocenters. The maximum Gasteiger partial charge on any atom is 0.306 e. The van der Waals surface area contributed by atoms with Gasteiger partial charge in [-0.3, -0.25) is 4.79 Å². The fourth-order valence-electron chi connectivity index (χ4n) is 2.88. The van der Waals surface area contributed by atoms with Crippen LogP contribution in [-0.4, -0.2) is 24.7 Å². The van der Waals surface area contributed by atoms with Gasteiger partial charge in [-0.15, -0.1) is 0 Å². The minimum Gasteiger partial charge on any atom is -0.496 e. The van der Waals surface area contributed by atoms with Gasteiger partial charge in [0.05, 0.1) is 13.0 Å². The Balaban J connectivity index is 1.90. The first-order chi connectivity index (χ1) is 9.61. The van der Waals surface area contributed by atoms with E-state index in [9.17, 15) is 9.18 Å². The van der Waals surface area contributed by atoms with E-state index in [-0.39, 0.29) is 17.7 Å². The smallest absolute Gasteiger partial charge is 0.306 e. The normalized spacial score (nSPS) is 21.9.